The molecule has 0 saturated carbocycles. The van der Waals surface area contributed by atoms with Crippen LogP contribution in [0.25, 0.3) is 11.3 Å². The molecule has 2 aromatic rings. The molecule has 0 fully saturated rings. The average Bonchev–Trinajstić information content (AvgIpc) is 2.58. The van der Waals surface area contributed by atoms with Crippen LogP contribution in [0.5, 0.6) is 0 Å². The van der Waals surface area contributed by atoms with Crippen LogP contribution in [0.1, 0.15) is 25.3 Å². The molecular weight excluding hydrogens is 245 g/mol. The molecule has 6 heteroatoms. The summed E-state index contributed by atoms with van der Waals surface area (Å²) in [7, 11) is 0. The van der Waals surface area contributed by atoms with Crippen molar-refractivity contribution >= 4 is 5.88 Å². The zero-order chi connectivity index (χ0) is 13.4. The van der Waals surface area contributed by atoms with Gasteiger partial charge in [0.1, 0.15) is 23.1 Å². The van der Waals surface area contributed by atoms with Crippen molar-refractivity contribution in [2.24, 2.45) is 0 Å². The van der Waals surface area contributed by atoms with Crippen molar-refractivity contribution in [1.29, 1.82) is 0 Å². The SMILES string of the molecule is CC(C)c1c(-c2c(F)cc(F)cc2F)noc1N. The summed E-state index contributed by atoms with van der Waals surface area (Å²) in [5, 5.41) is 3.56. The maximum absolute atomic E-state index is 13.6. The number of benzene rings is 1. The maximum atomic E-state index is 13.6. The Bertz CT molecular complexity index is 570. The lowest BCUT2D eigenvalue weighted by Gasteiger charge is -2.07. The van der Waals surface area contributed by atoms with Gasteiger partial charge in [-0.05, 0) is 5.92 Å². The van der Waals surface area contributed by atoms with Crippen molar-refractivity contribution in [1.82, 2.24) is 5.16 Å². The molecule has 0 saturated heterocycles. The van der Waals surface area contributed by atoms with Gasteiger partial charge in [-0.1, -0.05) is 19.0 Å². The van der Waals surface area contributed by atoms with Gasteiger partial charge in [0, 0.05) is 17.7 Å². The Labute approximate surface area is 101 Å². The van der Waals surface area contributed by atoms with Gasteiger partial charge < -0.3 is 10.3 Å². The fourth-order valence-electron chi connectivity index (χ4n) is 1.82. The molecule has 0 aliphatic carbocycles. The van der Waals surface area contributed by atoms with Crippen LogP contribution >= 0.6 is 0 Å². The Morgan fingerprint density at radius 1 is 1.17 bits per heavy atom. The predicted molar refractivity (Wildman–Crippen MR) is 60.3 cm³/mol. The second kappa shape index (κ2) is 4.36. The van der Waals surface area contributed by atoms with E-state index in [1.807, 2.05) is 0 Å². The van der Waals surface area contributed by atoms with Crippen molar-refractivity contribution < 1.29 is 17.7 Å². The molecule has 0 unspecified atom stereocenters. The Kier molecular flexibility index (Phi) is 3.02. The van der Waals surface area contributed by atoms with E-state index in [2.05, 4.69) is 5.16 Å². The van der Waals surface area contributed by atoms with Crippen LogP contribution in [0.4, 0.5) is 19.1 Å². The number of hydrogen-bond acceptors (Lipinski definition) is 3. The van der Waals surface area contributed by atoms with Gasteiger partial charge >= 0.3 is 0 Å². The molecule has 1 aromatic carbocycles. The largest absolute Gasteiger partial charge is 0.367 e. The van der Waals surface area contributed by atoms with Crippen molar-refractivity contribution in [2.45, 2.75) is 19.8 Å². The first-order chi connectivity index (χ1) is 8.41. The molecule has 2 rings (SSSR count). The number of halogens is 3. The lowest BCUT2D eigenvalue weighted by Crippen LogP contribution is -1.98. The molecule has 0 aliphatic heterocycles. The summed E-state index contributed by atoms with van der Waals surface area (Å²) in [6.07, 6.45) is 0. The van der Waals surface area contributed by atoms with Crippen LogP contribution in [0.2, 0.25) is 0 Å². The smallest absolute Gasteiger partial charge is 0.226 e. The lowest BCUT2D eigenvalue weighted by molar-refractivity contribution is 0.436. The number of rotatable bonds is 2. The highest BCUT2D eigenvalue weighted by molar-refractivity contribution is 5.69. The second-order valence-corrected chi connectivity index (χ2v) is 4.21. The molecule has 0 atom stereocenters. The van der Waals surface area contributed by atoms with Crippen LogP contribution < -0.4 is 5.73 Å². The van der Waals surface area contributed by atoms with Gasteiger partial charge in [0.25, 0.3) is 0 Å². The number of nitrogens with two attached hydrogens (primary N) is 1. The fourth-order valence-corrected chi connectivity index (χ4v) is 1.82. The van der Waals surface area contributed by atoms with Gasteiger partial charge in [-0.25, -0.2) is 13.2 Å². The van der Waals surface area contributed by atoms with E-state index in [1.165, 1.54) is 0 Å². The van der Waals surface area contributed by atoms with Gasteiger partial charge in [0.15, 0.2) is 0 Å². The molecule has 2 N–H and O–H groups in total. The van der Waals surface area contributed by atoms with Crippen LogP contribution in [0.15, 0.2) is 16.7 Å². The van der Waals surface area contributed by atoms with E-state index in [9.17, 15) is 13.2 Å². The Balaban J connectivity index is 2.70. The minimum absolute atomic E-state index is 0.00289. The zero-order valence-corrected chi connectivity index (χ0v) is 9.80. The highest BCUT2D eigenvalue weighted by Crippen LogP contribution is 2.35. The molecule has 1 heterocycles. The normalized spacial score (nSPS) is 11.2. The standard InChI is InChI=1S/C12H11F3N2O/c1-5(2)9-11(17-18-12(9)16)10-7(14)3-6(13)4-8(10)15/h3-5H,16H2,1-2H3. The summed E-state index contributed by atoms with van der Waals surface area (Å²) in [4.78, 5) is 0. The van der Waals surface area contributed by atoms with E-state index in [0.717, 1.165) is 0 Å². The summed E-state index contributed by atoms with van der Waals surface area (Å²) in [6.45, 7) is 3.57. The van der Waals surface area contributed by atoms with Crippen molar-refractivity contribution in [3.8, 4) is 11.3 Å². The first-order valence-corrected chi connectivity index (χ1v) is 5.31. The maximum Gasteiger partial charge on any atom is 0.226 e. The molecule has 3 nitrogen and oxygen atoms in total. The van der Waals surface area contributed by atoms with Crippen molar-refractivity contribution in [3.05, 3.63) is 35.1 Å². The minimum atomic E-state index is -1.04. The van der Waals surface area contributed by atoms with Crippen LogP contribution in [0.3, 0.4) is 0 Å². The third-order valence-corrected chi connectivity index (χ3v) is 2.58. The molecule has 96 valence electrons. The third-order valence-electron chi connectivity index (χ3n) is 2.58. The second-order valence-electron chi connectivity index (χ2n) is 4.21. The van der Waals surface area contributed by atoms with E-state index in [1.54, 1.807) is 13.8 Å². The van der Waals surface area contributed by atoms with Gasteiger partial charge in [0.05, 0.1) is 5.56 Å². The third kappa shape index (κ3) is 1.94. The first kappa shape index (κ1) is 12.5. The summed E-state index contributed by atoms with van der Waals surface area (Å²) in [6, 6.07) is 1.18. The zero-order valence-electron chi connectivity index (χ0n) is 9.80. The molecular formula is C12H11F3N2O. The predicted octanol–water partition coefficient (Wildman–Crippen LogP) is 3.46. The number of hydrogen-bond donors (Lipinski definition) is 1. The molecule has 1 aromatic heterocycles. The number of nitrogens with zero attached hydrogens (tertiary/aromatic N) is 1. The average molecular weight is 256 g/mol. The van der Waals surface area contributed by atoms with E-state index in [-0.39, 0.29) is 17.5 Å². The Morgan fingerprint density at radius 2 is 1.72 bits per heavy atom. The van der Waals surface area contributed by atoms with Crippen molar-refractivity contribution in [2.75, 3.05) is 5.73 Å². The molecule has 0 spiro atoms. The summed E-state index contributed by atoms with van der Waals surface area (Å²) in [5.41, 5.74) is 5.50. The number of aromatic nitrogens is 1. The highest BCUT2D eigenvalue weighted by Gasteiger charge is 2.24. The molecule has 0 bridgehead atoms. The van der Waals surface area contributed by atoms with Crippen LogP contribution in [-0.2, 0) is 0 Å². The van der Waals surface area contributed by atoms with Crippen LogP contribution in [-0.4, -0.2) is 5.16 Å². The highest BCUT2D eigenvalue weighted by atomic mass is 19.1. The monoisotopic (exact) mass is 256 g/mol. The van der Waals surface area contributed by atoms with E-state index < -0.39 is 23.0 Å². The molecule has 0 radical (unpaired) electrons. The molecule has 0 aliphatic rings. The topological polar surface area (TPSA) is 52.0 Å². The Hall–Kier alpha value is -1.98. The van der Waals surface area contributed by atoms with Crippen molar-refractivity contribution in [3.63, 3.8) is 0 Å². The summed E-state index contributed by atoms with van der Waals surface area (Å²) < 4.78 is 44.9. The van der Waals surface area contributed by atoms with E-state index >= 15 is 0 Å². The van der Waals surface area contributed by atoms with E-state index in [0.29, 0.717) is 17.7 Å². The van der Waals surface area contributed by atoms with Gasteiger partial charge in [-0.3, -0.25) is 0 Å². The Morgan fingerprint density at radius 3 is 2.22 bits per heavy atom. The molecule has 18 heavy (non-hydrogen) atoms. The van der Waals surface area contributed by atoms with Gasteiger partial charge in [0.2, 0.25) is 5.88 Å². The lowest BCUT2D eigenvalue weighted by atomic mass is 9.98. The van der Waals surface area contributed by atoms with Gasteiger partial charge in [-0.15, -0.1) is 0 Å². The summed E-state index contributed by atoms with van der Waals surface area (Å²) in [5.74, 6) is -3.19. The summed E-state index contributed by atoms with van der Waals surface area (Å²) >= 11 is 0. The first-order valence-electron chi connectivity index (χ1n) is 5.31. The molecule has 0 amide bonds. The van der Waals surface area contributed by atoms with Gasteiger partial charge in [-0.2, -0.15) is 0 Å². The fraction of sp³-hybridized carbons (Fsp3) is 0.250. The number of nitrogen functional groups attached to an aromatic ring is 1. The quantitative estimate of drug-likeness (QED) is 0.895. The number of anilines is 1. The van der Waals surface area contributed by atoms with Crippen LogP contribution in [0, 0.1) is 17.5 Å². The minimum Gasteiger partial charge on any atom is -0.367 e. The van der Waals surface area contributed by atoms with E-state index in [4.69, 9.17) is 10.3 Å².